The van der Waals surface area contributed by atoms with E-state index in [1.54, 1.807) is 24.3 Å². The molecule has 0 aromatic heterocycles. The van der Waals surface area contributed by atoms with Crippen molar-refractivity contribution in [3.05, 3.63) is 64.7 Å². The quantitative estimate of drug-likeness (QED) is 0.280. The van der Waals surface area contributed by atoms with Crippen LogP contribution < -0.4 is 15.4 Å². The summed E-state index contributed by atoms with van der Waals surface area (Å²) in [6, 6.07) is 13.4. The number of benzene rings is 2. The molecule has 0 bridgehead atoms. The Labute approximate surface area is 186 Å². The lowest BCUT2D eigenvalue weighted by atomic mass is 10.1. The summed E-state index contributed by atoms with van der Waals surface area (Å²) >= 11 is 0. The van der Waals surface area contributed by atoms with Gasteiger partial charge in [0.15, 0.2) is 5.96 Å². The molecule has 8 heteroatoms. The minimum absolute atomic E-state index is 0.231. The third kappa shape index (κ3) is 8.69. The molecule has 0 unspecified atom stereocenters. The van der Waals surface area contributed by atoms with Crippen molar-refractivity contribution in [1.82, 2.24) is 15.4 Å². The fourth-order valence-corrected chi connectivity index (χ4v) is 4.20. The van der Waals surface area contributed by atoms with Crippen LogP contribution >= 0.6 is 0 Å². The largest absolute Gasteiger partial charge is 0.383 e. The van der Waals surface area contributed by atoms with E-state index in [1.807, 2.05) is 6.92 Å². The number of nitrogens with one attached hydrogen (secondary N) is 3. The highest BCUT2D eigenvalue weighted by atomic mass is 32.2. The Morgan fingerprint density at radius 2 is 1.65 bits per heavy atom. The van der Waals surface area contributed by atoms with Gasteiger partial charge in [0.25, 0.3) is 0 Å². The monoisotopic (exact) mass is 446 g/mol. The van der Waals surface area contributed by atoms with E-state index < -0.39 is 10.0 Å². The maximum atomic E-state index is 12.2. The topological polar surface area (TPSA) is 91.8 Å². The number of guanidine groups is 1. The van der Waals surface area contributed by atoms with E-state index >= 15 is 0 Å². The highest BCUT2D eigenvalue weighted by molar-refractivity contribution is 7.89. The molecule has 0 aliphatic rings. The number of ether oxygens (including phenoxy) is 1. The van der Waals surface area contributed by atoms with E-state index in [4.69, 9.17) is 4.74 Å². The molecular formula is C23H34N4O3S. The molecule has 0 fully saturated rings. The summed E-state index contributed by atoms with van der Waals surface area (Å²) < 4.78 is 31.8. The molecule has 170 valence electrons. The van der Waals surface area contributed by atoms with E-state index in [-0.39, 0.29) is 11.4 Å². The van der Waals surface area contributed by atoms with Gasteiger partial charge in [-0.25, -0.2) is 18.1 Å². The molecule has 0 spiro atoms. The molecule has 0 saturated heterocycles. The number of sulfonamides is 1. The van der Waals surface area contributed by atoms with Gasteiger partial charge in [-0.1, -0.05) is 41.5 Å². The van der Waals surface area contributed by atoms with Gasteiger partial charge in [0, 0.05) is 26.7 Å². The van der Waals surface area contributed by atoms with Crippen LogP contribution in [0.1, 0.15) is 29.2 Å². The van der Waals surface area contributed by atoms with Crippen LogP contribution in [0.3, 0.4) is 0 Å². The second-order valence-electron chi connectivity index (χ2n) is 7.40. The highest BCUT2D eigenvalue weighted by Gasteiger charge is 2.12. The zero-order valence-electron chi connectivity index (χ0n) is 18.9. The first-order valence-corrected chi connectivity index (χ1v) is 12.0. The number of aliphatic imine (C=N–C) groups is 1. The van der Waals surface area contributed by atoms with Gasteiger partial charge >= 0.3 is 0 Å². The molecule has 2 rings (SSSR count). The van der Waals surface area contributed by atoms with Crippen LogP contribution in [0.25, 0.3) is 0 Å². The summed E-state index contributed by atoms with van der Waals surface area (Å²) in [5.74, 6) is 0.741. The van der Waals surface area contributed by atoms with Crippen molar-refractivity contribution < 1.29 is 13.2 Å². The number of methoxy groups -OCH3 is 1. The fraction of sp³-hybridized carbons (Fsp3) is 0.435. The van der Waals surface area contributed by atoms with Crippen molar-refractivity contribution in [2.75, 3.05) is 33.4 Å². The zero-order valence-corrected chi connectivity index (χ0v) is 19.7. The number of rotatable bonds is 11. The van der Waals surface area contributed by atoms with Gasteiger partial charge in [0.05, 0.1) is 18.0 Å². The molecule has 2 aromatic carbocycles. The van der Waals surface area contributed by atoms with Crippen LogP contribution in [-0.2, 0) is 27.7 Å². The van der Waals surface area contributed by atoms with E-state index in [1.165, 1.54) is 23.8 Å². The molecule has 3 N–H and O–H groups in total. The Balaban J connectivity index is 1.93. The van der Waals surface area contributed by atoms with Crippen molar-refractivity contribution in [2.24, 2.45) is 4.99 Å². The molecule has 0 amide bonds. The molecule has 0 heterocycles. The van der Waals surface area contributed by atoms with Gasteiger partial charge in [0.2, 0.25) is 10.0 Å². The summed E-state index contributed by atoms with van der Waals surface area (Å²) in [6.07, 6.45) is 0.912. The normalized spacial score (nSPS) is 12.1. The van der Waals surface area contributed by atoms with Crippen LogP contribution in [0.15, 0.2) is 52.4 Å². The molecule has 0 aliphatic carbocycles. The van der Waals surface area contributed by atoms with E-state index in [0.717, 1.165) is 31.0 Å². The molecule has 31 heavy (non-hydrogen) atoms. The standard InChI is InChI=1S/C23H34N4O3S/c1-5-24-23(25-11-10-21-15-18(2)14-19(3)16-21)26-17-20-6-8-22(9-7-20)31(28,29)27-12-13-30-4/h6-9,14-16,27H,5,10-13,17H2,1-4H3,(H2,24,25,26). The van der Waals surface area contributed by atoms with Gasteiger partial charge in [0.1, 0.15) is 0 Å². The van der Waals surface area contributed by atoms with Crippen molar-refractivity contribution in [2.45, 2.75) is 38.6 Å². The predicted octanol–water partition coefficient (Wildman–Crippen LogP) is 2.53. The van der Waals surface area contributed by atoms with Crippen molar-refractivity contribution in [3.8, 4) is 0 Å². The van der Waals surface area contributed by atoms with Crippen LogP contribution in [0.2, 0.25) is 0 Å². The smallest absolute Gasteiger partial charge is 0.240 e. The van der Waals surface area contributed by atoms with Crippen molar-refractivity contribution in [1.29, 1.82) is 0 Å². The van der Waals surface area contributed by atoms with Crippen molar-refractivity contribution in [3.63, 3.8) is 0 Å². The van der Waals surface area contributed by atoms with Gasteiger partial charge in [-0.15, -0.1) is 0 Å². The first kappa shape index (κ1) is 24.8. The van der Waals surface area contributed by atoms with E-state index in [2.05, 4.69) is 52.4 Å². The number of hydrogen-bond donors (Lipinski definition) is 3. The highest BCUT2D eigenvalue weighted by Crippen LogP contribution is 2.11. The van der Waals surface area contributed by atoms with Crippen LogP contribution in [0.4, 0.5) is 0 Å². The minimum Gasteiger partial charge on any atom is -0.383 e. The second kappa shape index (κ2) is 12.4. The summed E-state index contributed by atoms with van der Waals surface area (Å²) in [5.41, 5.74) is 4.78. The van der Waals surface area contributed by atoms with E-state index in [0.29, 0.717) is 13.2 Å². The van der Waals surface area contributed by atoms with Gasteiger partial charge in [-0.2, -0.15) is 0 Å². The maximum absolute atomic E-state index is 12.2. The Morgan fingerprint density at radius 3 is 2.26 bits per heavy atom. The predicted molar refractivity (Wildman–Crippen MR) is 126 cm³/mol. The van der Waals surface area contributed by atoms with Crippen LogP contribution in [0.5, 0.6) is 0 Å². The summed E-state index contributed by atoms with van der Waals surface area (Å²) in [7, 11) is -1.99. The van der Waals surface area contributed by atoms with Gasteiger partial charge < -0.3 is 15.4 Å². The zero-order chi connectivity index (χ0) is 22.7. The molecule has 0 saturated carbocycles. The number of nitrogens with zero attached hydrogens (tertiary/aromatic N) is 1. The summed E-state index contributed by atoms with van der Waals surface area (Å²) in [4.78, 5) is 4.85. The first-order chi connectivity index (χ1) is 14.8. The van der Waals surface area contributed by atoms with Crippen molar-refractivity contribution >= 4 is 16.0 Å². The molecular weight excluding hydrogens is 412 g/mol. The van der Waals surface area contributed by atoms with Crippen LogP contribution in [0, 0.1) is 13.8 Å². The van der Waals surface area contributed by atoms with E-state index in [9.17, 15) is 8.42 Å². The first-order valence-electron chi connectivity index (χ1n) is 10.5. The maximum Gasteiger partial charge on any atom is 0.240 e. The Bertz CT molecular complexity index is 937. The Morgan fingerprint density at radius 1 is 0.968 bits per heavy atom. The number of aryl methyl sites for hydroxylation is 2. The van der Waals surface area contributed by atoms with Crippen LogP contribution in [-0.4, -0.2) is 47.7 Å². The number of hydrogen-bond acceptors (Lipinski definition) is 4. The Kier molecular flexibility index (Phi) is 9.97. The minimum atomic E-state index is -3.52. The lowest BCUT2D eigenvalue weighted by Crippen LogP contribution is -2.38. The van der Waals surface area contributed by atoms with Gasteiger partial charge in [-0.3, -0.25) is 0 Å². The third-order valence-electron chi connectivity index (χ3n) is 4.58. The lowest BCUT2D eigenvalue weighted by Gasteiger charge is -2.12. The molecule has 0 aliphatic heterocycles. The summed E-state index contributed by atoms with van der Waals surface area (Å²) in [6.45, 7) is 8.82. The lowest BCUT2D eigenvalue weighted by molar-refractivity contribution is 0.204. The second-order valence-corrected chi connectivity index (χ2v) is 9.17. The molecule has 2 aromatic rings. The van der Waals surface area contributed by atoms with Gasteiger partial charge in [-0.05, 0) is 50.5 Å². The third-order valence-corrected chi connectivity index (χ3v) is 6.06. The molecule has 7 nitrogen and oxygen atoms in total. The fourth-order valence-electron chi connectivity index (χ4n) is 3.19. The SMILES string of the molecule is CCNC(=NCc1ccc(S(=O)(=O)NCCOC)cc1)NCCc1cc(C)cc(C)c1. The Hall–Kier alpha value is -2.42. The average Bonchev–Trinajstić information content (AvgIpc) is 2.72. The molecule has 0 radical (unpaired) electrons. The summed E-state index contributed by atoms with van der Waals surface area (Å²) in [5, 5.41) is 6.61. The molecule has 0 atom stereocenters. The average molecular weight is 447 g/mol.